The summed E-state index contributed by atoms with van der Waals surface area (Å²) in [6.07, 6.45) is 0.949. The molecule has 0 saturated heterocycles. The summed E-state index contributed by atoms with van der Waals surface area (Å²) in [6.45, 7) is 5.79. The van der Waals surface area contributed by atoms with Gasteiger partial charge in [0.1, 0.15) is 0 Å². The van der Waals surface area contributed by atoms with E-state index in [2.05, 4.69) is 72.7 Å². The molecule has 0 amide bonds. The molecule has 0 aliphatic heterocycles. The van der Waals surface area contributed by atoms with Gasteiger partial charge >= 0.3 is 0 Å². The van der Waals surface area contributed by atoms with E-state index >= 15 is 0 Å². The highest BCUT2D eigenvalue weighted by Gasteiger charge is 2.04. The lowest BCUT2D eigenvalue weighted by atomic mass is 10.00. The molecule has 0 aromatic heterocycles. The maximum Gasteiger partial charge on any atom is 0.188 e. The summed E-state index contributed by atoms with van der Waals surface area (Å²) in [5.41, 5.74) is 9.82. The molecule has 0 bridgehead atoms. The Balaban J connectivity index is 1.77. The van der Waals surface area contributed by atoms with E-state index < -0.39 is 0 Å². The molecule has 116 valence electrons. The Morgan fingerprint density at radius 1 is 1.14 bits per heavy atom. The number of rotatable bonds is 6. The van der Waals surface area contributed by atoms with E-state index in [0.717, 1.165) is 13.0 Å². The maximum absolute atomic E-state index is 5.93. The zero-order valence-corrected chi connectivity index (χ0v) is 13.4. The van der Waals surface area contributed by atoms with Crippen LogP contribution in [0.5, 0.6) is 0 Å². The van der Waals surface area contributed by atoms with Crippen molar-refractivity contribution >= 4 is 5.96 Å². The minimum atomic E-state index is 0.370. The fourth-order valence-electron chi connectivity index (χ4n) is 2.35. The summed E-state index contributed by atoms with van der Waals surface area (Å²) >= 11 is 0. The van der Waals surface area contributed by atoms with Crippen molar-refractivity contribution < 1.29 is 0 Å². The second kappa shape index (κ2) is 8.23. The van der Waals surface area contributed by atoms with Crippen LogP contribution < -0.4 is 11.1 Å². The third-order valence-corrected chi connectivity index (χ3v) is 3.71. The number of nitrogens with zero attached hydrogens (tertiary/aromatic N) is 1. The smallest absolute Gasteiger partial charge is 0.188 e. The van der Waals surface area contributed by atoms with Crippen LogP contribution in [-0.2, 0) is 6.42 Å². The molecule has 0 fully saturated rings. The van der Waals surface area contributed by atoms with Crippen LogP contribution in [0.1, 0.15) is 29.5 Å². The van der Waals surface area contributed by atoms with Crippen LogP contribution in [0, 0.1) is 6.92 Å². The van der Waals surface area contributed by atoms with E-state index in [0.29, 0.717) is 18.4 Å². The lowest BCUT2D eigenvalue weighted by Gasteiger charge is -2.11. The molecular formula is C19H25N3. The number of nitrogens with one attached hydrogen (secondary N) is 1. The molecule has 0 spiro atoms. The Morgan fingerprint density at radius 2 is 1.91 bits per heavy atom. The highest BCUT2D eigenvalue weighted by atomic mass is 15.1. The predicted molar refractivity (Wildman–Crippen MR) is 94.2 cm³/mol. The SMILES string of the molecule is Cc1cccc(C(C)CN=C(N)NCCc2ccccc2)c1. The molecule has 0 radical (unpaired) electrons. The number of benzene rings is 2. The lowest BCUT2D eigenvalue weighted by Crippen LogP contribution is -2.33. The van der Waals surface area contributed by atoms with Crippen molar-refractivity contribution in [2.45, 2.75) is 26.2 Å². The molecule has 2 aromatic carbocycles. The van der Waals surface area contributed by atoms with E-state index in [1.54, 1.807) is 0 Å². The van der Waals surface area contributed by atoms with Gasteiger partial charge in [-0.1, -0.05) is 67.1 Å². The first kappa shape index (κ1) is 16.1. The molecule has 3 N–H and O–H groups in total. The lowest BCUT2D eigenvalue weighted by molar-refractivity contribution is 0.761. The van der Waals surface area contributed by atoms with E-state index in [1.807, 2.05) is 6.07 Å². The summed E-state index contributed by atoms with van der Waals surface area (Å²) in [7, 11) is 0. The average molecular weight is 295 g/mol. The van der Waals surface area contributed by atoms with Crippen LogP contribution in [0.3, 0.4) is 0 Å². The largest absolute Gasteiger partial charge is 0.370 e. The maximum atomic E-state index is 5.93. The highest BCUT2D eigenvalue weighted by molar-refractivity contribution is 5.77. The Bertz CT molecular complexity index is 605. The number of aliphatic imine (C=N–C) groups is 1. The number of hydrogen-bond acceptors (Lipinski definition) is 1. The number of hydrogen-bond donors (Lipinski definition) is 2. The van der Waals surface area contributed by atoms with Crippen LogP contribution in [0.2, 0.25) is 0 Å². The van der Waals surface area contributed by atoms with Gasteiger partial charge in [0.05, 0.1) is 0 Å². The van der Waals surface area contributed by atoms with Crippen molar-refractivity contribution in [2.75, 3.05) is 13.1 Å². The van der Waals surface area contributed by atoms with Crippen LogP contribution in [0.4, 0.5) is 0 Å². The topological polar surface area (TPSA) is 50.4 Å². The third kappa shape index (κ3) is 5.24. The Kier molecular flexibility index (Phi) is 6.01. The van der Waals surface area contributed by atoms with Gasteiger partial charge in [0, 0.05) is 19.0 Å². The van der Waals surface area contributed by atoms with Crippen molar-refractivity contribution in [3.63, 3.8) is 0 Å². The Hall–Kier alpha value is -2.29. The van der Waals surface area contributed by atoms with Crippen LogP contribution in [0.15, 0.2) is 59.6 Å². The Morgan fingerprint density at radius 3 is 2.64 bits per heavy atom. The number of nitrogens with two attached hydrogens (primary N) is 1. The van der Waals surface area contributed by atoms with Crippen molar-refractivity contribution in [3.05, 3.63) is 71.3 Å². The quantitative estimate of drug-likeness (QED) is 0.635. The average Bonchev–Trinajstić information content (AvgIpc) is 2.53. The van der Waals surface area contributed by atoms with Gasteiger partial charge in [0.15, 0.2) is 5.96 Å². The molecule has 1 unspecified atom stereocenters. The number of aryl methyl sites for hydroxylation is 1. The van der Waals surface area contributed by atoms with Crippen LogP contribution >= 0.6 is 0 Å². The molecule has 3 heteroatoms. The van der Waals surface area contributed by atoms with Crippen molar-refractivity contribution in [2.24, 2.45) is 10.7 Å². The minimum absolute atomic E-state index is 0.370. The molecular weight excluding hydrogens is 270 g/mol. The first-order chi connectivity index (χ1) is 10.6. The second-order valence-electron chi connectivity index (χ2n) is 5.70. The standard InChI is InChI=1S/C19H25N3/c1-15-7-6-10-18(13-15)16(2)14-22-19(20)21-12-11-17-8-4-3-5-9-17/h3-10,13,16H,11-12,14H2,1-2H3,(H3,20,21,22). The van der Waals surface area contributed by atoms with Gasteiger partial charge in [-0.2, -0.15) is 0 Å². The summed E-state index contributed by atoms with van der Waals surface area (Å²) in [5.74, 6) is 0.893. The van der Waals surface area contributed by atoms with Gasteiger partial charge in [-0.3, -0.25) is 4.99 Å². The number of guanidine groups is 1. The van der Waals surface area contributed by atoms with Crippen LogP contribution in [-0.4, -0.2) is 19.0 Å². The summed E-state index contributed by atoms with van der Waals surface area (Å²) in [6, 6.07) is 18.9. The molecule has 3 nitrogen and oxygen atoms in total. The summed E-state index contributed by atoms with van der Waals surface area (Å²) < 4.78 is 0. The van der Waals surface area contributed by atoms with Gasteiger partial charge in [-0.05, 0) is 24.5 Å². The third-order valence-electron chi connectivity index (χ3n) is 3.71. The van der Waals surface area contributed by atoms with Crippen molar-refractivity contribution in [1.82, 2.24) is 5.32 Å². The summed E-state index contributed by atoms with van der Waals surface area (Å²) in [4.78, 5) is 4.44. The first-order valence-corrected chi connectivity index (χ1v) is 7.79. The predicted octanol–water partition coefficient (Wildman–Crippen LogP) is 3.25. The van der Waals surface area contributed by atoms with Gasteiger partial charge < -0.3 is 11.1 Å². The molecule has 1 atom stereocenters. The molecule has 22 heavy (non-hydrogen) atoms. The first-order valence-electron chi connectivity index (χ1n) is 7.79. The van der Waals surface area contributed by atoms with E-state index in [9.17, 15) is 0 Å². The summed E-state index contributed by atoms with van der Waals surface area (Å²) in [5, 5.41) is 3.18. The monoisotopic (exact) mass is 295 g/mol. The van der Waals surface area contributed by atoms with Crippen molar-refractivity contribution in [1.29, 1.82) is 0 Å². The normalized spacial score (nSPS) is 12.9. The fraction of sp³-hybridized carbons (Fsp3) is 0.316. The second-order valence-corrected chi connectivity index (χ2v) is 5.70. The molecule has 0 heterocycles. The van der Waals surface area contributed by atoms with Gasteiger partial charge in [0.25, 0.3) is 0 Å². The van der Waals surface area contributed by atoms with Crippen LogP contribution in [0.25, 0.3) is 0 Å². The minimum Gasteiger partial charge on any atom is -0.370 e. The molecule has 0 saturated carbocycles. The molecule has 0 aliphatic carbocycles. The molecule has 0 aliphatic rings. The zero-order chi connectivity index (χ0) is 15.8. The molecule has 2 rings (SSSR count). The Labute approximate surface area is 133 Å². The fourth-order valence-corrected chi connectivity index (χ4v) is 2.35. The van der Waals surface area contributed by atoms with Gasteiger partial charge in [-0.15, -0.1) is 0 Å². The van der Waals surface area contributed by atoms with Crippen molar-refractivity contribution in [3.8, 4) is 0 Å². The van der Waals surface area contributed by atoms with Gasteiger partial charge in [-0.25, -0.2) is 0 Å². The van der Waals surface area contributed by atoms with E-state index in [4.69, 9.17) is 5.73 Å². The highest BCUT2D eigenvalue weighted by Crippen LogP contribution is 2.16. The van der Waals surface area contributed by atoms with E-state index in [1.165, 1.54) is 16.7 Å². The zero-order valence-electron chi connectivity index (χ0n) is 13.4. The molecule has 2 aromatic rings. The van der Waals surface area contributed by atoms with Gasteiger partial charge in [0.2, 0.25) is 0 Å². The van der Waals surface area contributed by atoms with E-state index in [-0.39, 0.29) is 0 Å².